The van der Waals surface area contributed by atoms with Gasteiger partial charge in [0.2, 0.25) is 0 Å². The molecular formula is C16H10Cl2N4O3. The van der Waals surface area contributed by atoms with Gasteiger partial charge in [-0.3, -0.25) is 14.9 Å². The summed E-state index contributed by atoms with van der Waals surface area (Å²) in [5.41, 5.74) is 0.434. The Bertz CT molecular complexity index is 889. The van der Waals surface area contributed by atoms with Crippen molar-refractivity contribution < 1.29 is 9.72 Å². The average Bonchev–Trinajstić information content (AvgIpc) is 2.59. The molecule has 2 aromatic rings. The van der Waals surface area contributed by atoms with Crippen LogP contribution < -0.4 is 10.6 Å². The minimum atomic E-state index is -0.679. The van der Waals surface area contributed by atoms with E-state index in [9.17, 15) is 14.9 Å². The molecule has 0 radical (unpaired) electrons. The van der Waals surface area contributed by atoms with Crippen LogP contribution >= 0.6 is 23.2 Å². The van der Waals surface area contributed by atoms with Crippen molar-refractivity contribution in [1.29, 1.82) is 5.26 Å². The lowest BCUT2D eigenvalue weighted by atomic mass is 10.2. The van der Waals surface area contributed by atoms with Gasteiger partial charge in [-0.1, -0.05) is 29.3 Å². The Morgan fingerprint density at radius 2 is 1.88 bits per heavy atom. The molecule has 1 amide bonds. The monoisotopic (exact) mass is 376 g/mol. The zero-order chi connectivity index (χ0) is 18.4. The SMILES string of the molecule is N#C/C(=C/Nc1cccc(Cl)c1Cl)C(=O)Nc1ccc([N+](=O)[O-])cc1. The van der Waals surface area contributed by atoms with Gasteiger partial charge in [0.15, 0.2) is 0 Å². The molecule has 0 saturated heterocycles. The fourth-order valence-corrected chi connectivity index (χ4v) is 2.13. The Labute approximate surface area is 152 Å². The smallest absolute Gasteiger partial charge is 0.269 e. The van der Waals surface area contributed by atoms with Crippen molar-refractivity contribution in [2.45, 2.75) is 0 Å². The fourth-order valence-electron chi connectivity index (χ4n) is 1.78. The van der Waals surface area contributed by atoms with Gasteiger partial charge in [-0.05, 0) is 24.3 Å². The van der Waals surface area contributed by atoms with Crippen LogP contribution in [0.3, 0.4) is 0 Å². The second kappa shape index (κ2) is 8.15. The topological polar surface area (TPSA) is 108 Å². The quantitative estimate of drug-likeness (QED) is 0.348. The van der Waals surface area contributed by atoms with Crippen molar-refractivity contribution in [2.75, 3.05) is 10.6 Å². The van der Waals surface area contributed by atoms with Crippen LogP contribution in [0.25, 0.3) is 0 Å². The number of non-ortho nitro benzene ring substituents is 1. The summed E-state index contributed by atoms with van der Waals surface area (Å²) in [6, 6.07) is 11.9. The largest absolute Gasteiger partial charge is 0.359 e. The highest BCUT2D eigenvalue weighted by Crippen LogP contribution is 2.29. The van der Waals surface area contributed by atoms with Crippen LogP contribution in [0.2, 0.25) is 10.0 Å². The number of benzene rings is 2. The van der Waals surface area contributed by atoms with Crippen LogP contribution in [0.1, 0.15) is 0 Å². The third-order valence-corrected chi connectivity index (χ3v) is 3.84. The van der Waals surface area contributed by atoms with E-state index in [1.807, 2.05) is 0 Å². The molecule has 0 atom stereocenters. The summed E-state index contributed by atoms with van der Waals surface area (Å²) in [6.45, 7) is 0. The molecule has 0 aliphatic carbocycles. The van der Waals surface area contributed by atoms with E-state index in [-0.39, 0.29) is 16.3 Å². The second-order valence-electron chi connectivity index (χ2n) is 4.67. The molecule has 25 heavy (non-hydrogen) atoms. The molecule has 0 fully saturated rings. The summed E-state index contributed by atoms with van der Waals surface area (Å²) < 4.78 is 0. The molecule has 0 spiro atoms. The number of hydrogen-bond donors (Lipinski definition) is 2. The Kier molecular flexibility index (Phi) is 5.95. The molecule has 2 N–H and O–H groups in total. The number of nitrogens with one attached hydrogen (secondary N) is 2. The van der Waals surface area contributed by atoms with Crippen molar-refractivity contribution >= 4 is 46.2 Å². The highest BCUT2D eigenvalue weighted by Gasteiger charge is 2.11. The van der Waals surface area contributed by atoms with Gasteiger partial charge in [0.05, 0.1) is 20.7 Å². The lowest BCUT2D eigenvalue weighted by Crippen LogP contribution is -2.14. The first kappa shape index (κ1) is 18.3. The van der Waals surface area contributed by atoms with E-state index in [1.165, 1.54) is 30.5 Å². The molecular weight excluding hydrogens is 367 g/mol. The molecule has 0 bridgehead atoms. The van der Waals surface area contributed by atoms with E-state index in [2.05, 4.69) is 10.6 Å². The third kappa shape index (κ3) is 4.70. The zero-order valence-electron chi connectivity index (χ0n) is 12.5. The van der Waals surface area contributed by atoms with Gasteiger partial charge >= 0.3 is 0 Å². The molecule has 2 aromatic carbocycles. The van der Waals surface area contributed by atoms with E-state index in [0.717, 1.165) is 0 Å². The average molecular weight is 377 g/mol. The van der Waals surface area contributed by atoms with Gasteiger partial charge in [0.25, 0.3) is 11.6 Å². The van der Waals surface area contributed by atoms with Gasteiger partial charge < -0.3 is 10.6 Å². The van der Waals surface area contributed by atoms with Gasteiger partial charge in [0.1, 0.15) is 11.6 Å². The van der Waals surface area contributed by atoms with Crippen molar-refractivity contribution in [2.24, 2.45) is 0 Å². The molecule has 126 valence electrons. The first-order valence-electron chi connectivity index (χ1n) is 6.79. The summed E-state index contributed by atoms with van der Waals surface area (Å²) in [5.74, 6) is -0.679. The number of rotatable bonds is 5. The lowest BCUT2D eigenvalue weighted by molar-refractivity contribution is -0.384. The summed E-state index contributed by atoms with van der Waals surface area (Å²) in [5, 5.41) is 25.5. The van der Waals surface area contributed by atoms with E-state index < -0.39 is 10.8 Å². The molecule has 9 heteroatoms. The molecule has 2 rings (SSSR count). The number of nitro groups is 1. The summed E-state index contributed by atoms with van der Waals surface area (Å²) >= 11 is 11.9. The van der Waals surface area contributed by atoms with Crippen LogP contribution in [0, 0.1) is 21.4 Å². The number of nitriles is 1. The maximum atomic E-state index is 12.1. The molecule has 0 saturated carbocycles. The number of nitrogens with zero attached hydrogens (tertiary/aromatic N) is 2. The van der Waals surface area contributed by atoms with Crippen molar-refractivity contribution in [3.63, 3.8) is 0 Å². The summed E-state index contributed by atoms with van der Waals surface area (Å²) in [6.07, 6.45) is 1.19. The number of carbonyl (C=O) groups excluding carboxylic acids is 1. The van der Waals surface area contributed by atoms with Crippen LogP contribution in [0.4, 0.5) is 17.1 Å². The lowest BCUT2D eigenvalue weighted by Gasteiger charge is -2.07. The number of halogens is 2. The number of carbonyl (C=O) groups is 1. The Morgan fingerprint density at radius 3 is 2.48 bits per heavy atom. The minimum absolute atomic E-state index is 0.105. The van der Waals surface area contributed by atoms with Gasteiger partial charge in [0, 0.05) is 24.0 Å². The van der Waals surface area contributed by atoms with Crippen molar-refractivity contribution in [3.8, 4) is 6.07 Å². The predicted octanol–water partition coefficient (Wildman–Crippen LogP) is 4.36. The molecule has 0 unspecified atom stereocenters. The number of amides is 1. The number of anilines is 2. The van der Waals surface area contributed by atoms with E-state index >= 15 is 0 Å². The molecule has 0 aromatic heterocycles. The third-order valence-electron chi connectivity index (χ3n) is 3.02. The Hall–Kier alpha value is -3.08. The van der Waals surface area contributed by atoms with Crippen LogP contribution in [0.5, 0.6) is 0 Å². The van der Waals surface area contributed by atoms with Gasteiger partial charge in [-0.15, -0.1) is 0 Å². The van der Waals surface area contributed by atoms with Crippen molar-refractivity contribution in [3.05, 3.63) is 74.4 Å². The first-order chi connectivity index (χ1) is 11.9. The summed E-state index contributed by atoms with van der Waals surface area (Å²) in [4.78, 5) is 22.1. The Morgan fingerprint density at radius 1 is 1.20 bits per heavy atom. The Balaban J connectivity index is 2.11. The highest BCUT2D eigenvalue weighted by molar-refractivity contribution is 6.43. The molecule has 0 aliphatic heterocycles. The second-order valence-corrected chi connectivity index (χ2v) is 5.46. The first-order valence-corrected chi connectivity index (χ1v) is 7.54. The van der Waals surface area contributed by atoms with E-state index in [0.29, 0.717) is 16.4 Å². The zero-order valence-corrected chi connectivity index (χ0v) is 14.0. The highest BCUT2D eigenvalue weighted by atomic mass is 35.5. The molecule has 0 heterocycles. The van der Waals surface area contributed by atoms with Gasteiger partial charge in [-0.2, -0.15) is 5.26 Å². The van der Waals surface area contributed by atoms with Crippen LogP contribution in [0.15, 0.2) is 54.2 Å². The van der Waals surface area contributed by atoms with E-state index in [1.54, 1.807) is 24.3 Å². The predicted molar refractivity (Wildman–Crippen MR) is 95.5 cm³/mol. The maximum Gasteiger partial charge on any atom is 0.269 e. The molecule has 0 aliphatic rings. The fraction of sp³-hybridized carbons (Fsp3) is 0. The van der Waals surface area contributed by atoms with Crippen LogP contribution in [-0.2, 0) is 4.79 Å². The standard InChI is InChI=1S/C16H10Cl2N4O3/c17-13-2-1-3-14(15(13)18)20-9-10(8-19)16(23)21-11-4-6-12(7-5-11)22(24)25/h1-7,9,20H,(H,21,23)/b10-9-. The summed E-state index contributed by atoms with van der Waals surface area (Å²) in [7, 11) is 0. The molecule has 7 nitrogen and oxygen atoms in total. The van der Waals surface area contributed by atoms with Crippen molar-refractivity contribution in [1.82, 2.24) is 0 Å². The number of nitro benzene ring substituents is 1. The van der Waals surface area contributed by atoms with E-state index in [4.69, 9.17) is 28.5 Å². The number of hydrogen-bond acceptors (Lipinski definition) is 5. The maximum absolute atomic E-state index is 12.1. The van der Waals surface area contributed by atoms with Crippen LogP contribution in [-0.4, -0.2) is 10.8 Å². The van der Waals surface area contributed by atoms with Gasteiger partial charge in [-0.25, -0.2) is 0 Å². The minimum Gasteiger partial charge on any atom is -0.359 e. The normalized spacial score (nSPS) is 10.7.